The molecule has 132 valence electrons. The summed E-state index contributed by atoms with van der Waals surface area (Å²) in [6.07, 6.45) is 6.51. The lowest BCUT2D eigenvalue weighted by Gasteiger charge is -2.35. The van der Waals surface area contributed by atoms with Crippen LogP contribution in [0, 0.1) is 5.82 Å². The van der Waals surface area contributed by atoms with Crippen LogP contribution in [0.3, 0.4) is 0 Å². The van der Waals surface area contributed by atoms with Crippen LogP contribution in [0.1, 0.15) is 10.4 Å². The maximum atomic E-state index is 13.5. The Morgan fingerprint density at radius 3 is 2.69 bits per heavy atom. The molecular formula is C18H17FN6O. The fourth-order valence-corrected chi connectivity index (χ4v) is 3.08. The molecule has 0 aliphatic carbocycles. The van der Waals surface area contributed by atoms with Crippen molar-refractivity contribution in [2.24, 2.45) is 0 Å². The van der Waals surface area contributed by atoms with Gasteiger partial charge in [-0.15, -0.1) is 0 Å². The van der Waals surface area contributed by atoms with E-state index in [2.05, 4.69) is 25.1 Å². The van der Waals surface area contributed by atoms with E-state index < -0.39 is 0 Å². The number of carbonyl (C=O) groups excluding carboxylic acids is 1. The van der Waals surface area contributed by atoms with Gasteiger partial charge in [-0.3, -0.25) is 14.9 Å². The van der Waals surface area contributed by atoms with Gasteiger partial charge in [0.2, 0.25) is 0 Å². The highest BCUT2D eigenvalue weighted by Gasteiger charge is 2.26. The van der Waals surface area contributed by atoms with Crippen molar-refractivity contribution in [1.82, 2.24) is 25.1 Å². The average Bonchev–Trinajstić information content (AvgIpc) is 3.18. The highest BCUT2D eigenvalue weighted by molar-refractivity contribution is 5.99. The number of anilines is 1. The SMILES string of the molecule is O=C(c1cn[nH]c1-c1cccc(F)c1)N1CCN(c2cnccn2)CC1. The van der Waals surface area contributed by atoms with Crippen LogP contribution in [0.5, 0.6) is 0 Å². The molecule has 1 aliphatic rings. The van der Waals surface area contributed by atoms with Gasteiger partial charge in [0.25, 0.3) is 5.91 Å². The zero-order valence-corrected chi connectivity index (χ0v) is 14.0. The van der Waals surface area contributed by atoms with Crippen molar-refractivity contribution < 1.29 is 9.18 Å². The monoisotopic (exact) mass is 352 g/mol. The van der Waals surface area contributed by atoms with Crippen molar-refractivity contribution >= 4 is 11.7 Å². The van der Waals surface area contributed by atoms with Crippen LogP contribution in [-0.2, 0) is 0 Å². The second-order valence-electron chi connectivity index (χ2n) is 6.01. The Morgan fingerprint density at radius 1 is 1.12 bits per heavy atom. The van der Waals surface area contributed by atoms with Crippen molar-refractivity contribution in [3.63, 3.8) is 0 Å². The third-order valence-corrected chi connectivity index (χ3v) is 4.42. The molecule has 3 heterocycles. The molecule has 26 heavy (non-hydrogen) atoms. The molecule has 8 heteroatoms. The topological polar surface area (TPSA) is 78.0 Å². The lowest BCUT2D eigenvalue weighted by atomic mass is 10.1. The van der Waals surface area contributed by atoms with Gasteiger partial charge < -0.3 is 9.80 Å². The van der Waals surface area contributed by atoms with Gasteiger partial charge in [-0.1, -0.05) is 12.1 Å². The van der Waals surface area contributed by atoms with E-state index in [1.807, 2.05) is 0 Å². The smallest absolute Gasteiger partial charge is 0.257 e. The first-order chi connectivity index (χ1) is 12.7. The minimum atomic E-state index is -0.354. The number of aromatic nitrogens is 4. The van der Waals surface area contributed by atoms with Crippen molar-refractivity contribution in [3.05, 3.63) is 60.4 Å². The molecule has 0 bridgehead atoms. The van der Waals surface area contributed by atoms with E-state index in [9.17, 15) is 9.18 Å². The van der Waals surface area contributed by atoms with E-state index in [0.29, 0.717) is 43.0 Å². The first kappa shape index (κ1) is 16.2. The molecule has 7 nitrogen and oxygen atoms in total. The van der Waals surface area contributed by atoms with Crippen molar-refractivity contribution in [1.29, 1.82) is 0 Å². The number of hydrogen-bond acceptors (Lipinski definition) is 5. The molecule has 0 saturated carbocycles. The molecule has 0 unspecified atom stereocenters. The third kappa shape index (κ3) is 3.13. The summed E-state index contributed by atoms with van der Waals surface area (Å²) >= 11 is 0. The molecule has 4 rings (SSSR count). The summed E-state index contributed by atoms with van der Waals surface area (Å²) in [5.74, 6) is 0.341. The Kier molecular flexibility index (Phi) is 4.30. The zero-order valence-electron chi connectivity index (χ0n) is 14.0. The summed E-state index contributed by atoms with van der Waals surface area (Å²) in [5.41, 5.74) is 1.58. The number of nitrogens with zero attached hydrogens (tertiary/aromatic N) is 5. The van der Waals surface area contributed by atoms with E-state index in [1.54, 1.807) is 35.6 Å². The van der Waals surface area contributed by atoms with E-state index in [0.717, 1.165) is 5.82 Å². The summed E-state index contributed by atoms with van der Waals surface area (Å²) in [4.78, 5) is 25.2. The van der Waals surface area contributed by atoms with Crippen LogP contribution in [-0.4, -0.2) is 57.2 Å². The quantitative estimate of drug-likeness (QED) is 0.780. The third-order valence-electron chi connectivity index (χ3n) is 4.42. The second-order valence-corrected chi connectivity index (χ2v) is 6.01. The summed E-state index contributed by atoms with van der Waals surface area (Å²) < 4.78 is 13.5. The summed E-state index contributed by atoms with van der Waals surface area (Å²) in [5, 5.41) is 6.79. The molecule has 1 N–H and O–H groups in total. The molecule has 2 aromatic heterocycles. The molecule has 1 amide bonds. The number of hydrogen-bond donors (Lipinski definition) is 1. The van der Waals surface area contributed by atoms with E-state index in [4.69, 9.17) is 0 Å². The highest BCUT2D eigenvalue weighted by atomic mass is 19.1. The number of aromatic amines is 1. The predicted molar refractivity (Wildman–Crippen MR) is 94.1 cm³/mol. The molecule has 1 saturated heterocycles. The van der Waals surface area contributed by atoms with Crippen molar-refractivity contribution in [3.8, 4) is 11.3 Å². The fraction of sp³-hybridized carbons (Fsp3) is 0.222. The minimum absolute atomic E-state index is 0.114. The lowest BCUT2D eigenvalue weighted by Crippen LogP contribution is -2.49. The van der Waals surface area contributed by atoms with Gasteiger partial charge in [-0.05, 0) is 12.1 Å². The Hall–Kier alpha value is -3.29. The van der Waals surface area contributed by atoms with Gasteiger partial charge in [0.15, 0.2) is 0 Å². The minimum Gasteiger partial charge on any atom is -0.352 e. The Labute approximate surface area is 149 Å². The number of amides is 1. The Balaban J connectivity index is 1.49. The summed E-state index contributed by atoms with van der Waals surface area (Å²) in [6, 6.07) is 6.11. The van der Waals surface area contributed by atoms with E-state index >= 15 is 0 Å². The second kappa shape index (κ2) is 6.91. The maximum Gasteiger partial charge on any atom is 0.257 e. The Bertz CT molecular complexity index is 905. The molecule has 3 aromatic rings. The highest BCUT2D eigenvalue weighted by Crippen LogP contribution is 2.23. The molecular weight excluding hydrogens is 335 g/mol. The standard InChI is InChI=1S/C18H17FN6O/c19-14-3-1-2-13(10-14)17-15(11-22-23-17)18(26)25-8-6-24(7-9-25)16-12-20-4-5-21-16/h1-5,10-12H,6-9H2,(H,22,23). The molecule has 1 aliphatic heterocycles. The summed E-state index contributed by atoms with van der Waals surface area (Å²) in [6.45, 7) is 2.50. The first-order valence-corrected chi connectivity index (χ1v) is 8.32. The number of piperazine rings is 1. The number of nitrogens with one attached hydrogen (secondary N) is 1. The molecule has 0 atom stereocenters. The first-order valence-electron chi connectivity index (χ1n) is 8.32. The van der Waals surface area contributed by atoms with Gasteiger partial charge in [-0.2, -0.15) is 5.10 Å². The summed E-state index contributed by atoms with van der Waals surface area (Å²) in [7, 11) is 0. The number of H-pyrrole nitrogens is 1. The predicted octanol–water partition coefficient (Wildman–Crippen LogP) is 1.97. The Morgan fingerprint density at radius 2 is 1.96 bits per heavy atom. The molecule has 0 radical (unpaired) electrons. The molecule has 0 spiro atoms. The number of halogens is 1. The van der Waals surface area contributed by atoms with Crippen LogP contribution in [0.2, 0.25) is 0 Å². The van der Waals surface area contributed by atoms with Gasteiger partial charge in [0.1, 0.15) is 11.6 Å². The van der Waals surface area contributed by atoms with Gasteiger partial charge >= 0.3 is 0 Å². The van der Waals surface area contributed by atoms with Gasteiger partial charge in [0.05, 0.1) is 23.7 Å². The van der Waals surface area contributed by atoms with E-state index in [1.165, 1.54) is 18.3 Å². The number of benzene rings is 1. The van der Waals surface area contributed by atoms with Crippen LogP contribution in [0.4, 0.5) is 10.2 Å². The van der Waals surface area contributed by atoms with Crippen LogP contribution < -0.4 is 4.90 Å². The number of rotatable bonds is 3. The average molecular weight is 352 g/mol. The number of carbonyl (C=O) groups is 1. The normalized spacial score (nSPS) is 14.5. The maximum absolute atomic E-state index is 13.5. The lowest BCUT2D eigenvalue weighted by molar-refractivity contribution is 0.0747. The molecule has 1 aromatic carbocycles. The van der Waals surface area contributed by atoms with Crippen molar-refractivity contribution in [2.75, 3.05) is 31.1 Å². The zero-order chi connectivity index (χ0) is 17.9. The molecule has 1 fully saturated rings. The fourth-order valence-electron chi connectivity index (χ4n) is 3.08. The van der Waals surface area contributed by atoms with Crippen molar-refractivity contribution in [2.45, 2.75) is 0 Å². The van der Waals surface area contributed by atoms with Crippen LogP contribution in [0.25, 0.3) is 11.3 Å². The van der Waals surface area contributed by atoms with Crippen LogP contribution in [0.15, 0.2) is 49.1 Å². The van der Waals surface area contributed by atoms with Crippen LogP contribution >= 0.6 is 0 Å². The van der Waals surface area contributed by atoms with Gasteiger partial charge in [-0.25, -0.2) is 9.37 Å². The largest absolute Gasteiger partial charge is 0.352 e. The van der Waals surface area contributed by atoms with Gasteiger partial charge in [0, 0.05) is 44.1 Å². The van der Waals surface area contributed by atoms with E-state index in [-0.39, 0.29) is 11.7 Å².